The number of anilines is 3. The Labute approximate surface area is 217 Å². The molecular weight excluding hydrogens is 504 g/mol. The van der Waals surface area contributed by atoms with Crippen LogP contribution in [0.15, 0.2) is 18.3 Å². The van der Waals surface area contributed by atoms with Gasteiger partial charge in [-0.05, 0) is 57.4 Å². The molecule has 0 aliphatic heterocycles. The number of rotatable bonds is 6. The van der Waals surface area contributed by atoms with Gasteiger partial charge < -0.3 is 21.5 Å². The van der Waals surface area contributed by atoms with Gasteiger partial charge in [0.25, 0.3) is 0 Å². The van der Waals surface area contributed by atoms with Crippen LogP contribution in [-0.4, -0.2) is 42.7 Å². The molecule has 5 rings (SSSR count). The van der Waals surface area contributed by atoms with E-state index in [0.717, 1.165) is 31.4 Å². The van der Waals surface area contributed by atoms with Crippen molar-refractivity contribution in [3.63, 3.8) is 0 Å². The zero-order valence-corrected chi connectivity index (χ0v) is 21.2. The topological polar surface area (TPSA) is 131 Å². The smallest absolute Gasteiger partial charge is 0.224 e. The summed E-state index contributed by atoms with van der Waals surface area (Å²) in [5.41, 5.74) is 5.97. The molecule has 2 heterocycles. The lowest BCUT2D eigenvalue weighted by molar-refractivity contribution is -0.128. The highest BCUT2D eigenvalue weighted by molar-refractivity contribution is 6.33. The first kappa shape index (κ1) is 25.6. The number of nitrogens with one attached hydrogen (secondary N) is 2. The lowest BCUT2D eigenvalue weighted by Gasteiger charge is -2.35. The summed E-state index contributed by atoms with van der Waals surface area (Å²) < 4.78 is 30.1. The van der Waals surface area contributed by atoms with Crippen molar-refractivity contribution in [3.8, 4) is 0 Å². The van der Waals surface area contributed by atoms with E-state index in [2.05, 4.69) is 20.6 Å². The number of aliphatic hydroxyl groups is 1. The van der Waals surface area contributed by atoms with E-state index in [9.17, 15) is 18.7 Å². The minimum Gasteiger partial charge on any atom is -0.393 e. The van der Waals surface area contributed by atoms with Crippen LogP contribution < -0.4 is 16.4 Å². The van der Waals surface area contributed by atoms with E-state index in [1.165, 1.54) is 0 Å². The van der Waals surface area contributed by atoms with Crippen LogP contribution in [0.1, 0.15) is 64.3 Å². The summed E-state index contributed by atoms with van der Waals surface area (Å²) in [6, 6.07) is 1.72. The maximum Gasteiger partial charge on any atom is 0.224 e. The lowest BCUT2D eigenvalue weighted by atomic mass is 9.73. The molecule has 5 N–H and O–H groups in total. The number of carbonyl (C=O) groups excluding carboxylic acids is 1. The number of imidazole rings is 1. The molecular formula is C25H30ClF2N7O2. The quantitative estimate of drug-likeness (QED) is 0.357. The Morgan fingerprint density at radius 2 is 1.97 bits per heavy atom. The number of aliphatic hydroxyl groups excluding tert-OH is 1. The standard InChI is InChI=1S/C25H30ClF2N7O2/c1-25(22(29)37)7-5-15(6-8-25)35-21-19(12-30-23(34-21)31-14-3-2-4-16(36)11-14)32-24(35)33-20-17(26)9-13(27)10-18(20)28/h9-10,12,14-16,36H,2-8,11H2,1H3,(H2,29,37)(H,32,33)(H,30,31,34)/t14-,15?,16?,25?/m0/s1. The Hall–Kier alpha value is -3.05. The van der Waals surface area contributed by atoms with Crippen LogP contribution in [0.3, 0.4) is 0 Å². The average molecular weight is 534 g/mol. The van der Waals surface area contributed by atoms with Gasteiger partial charge in [-0.25, -0.2) is 18.7 Å². The summed E-state index contributed by atoms with van der Waals surface area (Å²) in [6.07, 6.45) is 6.86. The van der Waals surface area contributed by atoms with Crippen LogP contribution in [0.4, 0.5) is 26.4 Å². The van der Waals surface area contributed by atoms with E-state index in [1.807, 2.05) is 11.5 Å². The van der Waals surface area contributed by atoms with Gasteiger partial charge in [-0.3, -0.25) is 9.36 Å². The predicted molar refractivity (Wildman–Crippen MR) is 137 cm³/mol. The van der Waals surface area contributed by atoms with Crippen molar-refractivity contribution in [2.24, 2.45) is 11.1 Å². The van der Waals surface area contributed by atoms with Gasteiger partial charge in [-0.2, -0.15) is 4.98 Å². The van der Waals surface area contributed by atoms with E-state index >= 15 is 0 Å². The average Bonchev–Trinajstić information content (AvgIpc) is 3.19. The number of nitrogens with two attached hydrogens (primary N) is 1. The molecule has 2 aliphatic carbocycles. The van der Waals surface area contributed by atoms with Gasteiger partial charge in [-0.1, -0.05) is 18.5 Å². The van der Waals surface area contributed by atoms with Gasteiger partial charge in [-0.15, -0.1) is 0 Å². The first-order valence-electron chi connectivity index (χ1n) is 12.5. The molecule has 2 aliphatic rings. The summed E-state index contributed by atoms with van der Waals surface area (Å²) >= 11 is 6.15. The fraction of sp³-hybridized carbons (Fsp3) is 0.520. The Kier molecular flexibility index (Phi) is 6.93. The molecule has 2 aromatic heterocycles. The molecule has 0 saturated heterocycles. The third-order valence-electron chi connectivity index (χ3n) is 7.67. The van der Waals surface area contributed by atoms with Crippen LogP contribution in [0.25, 0.3) is 11.2 Å². The third kappa shape index (κ3) is 5.19. The van der Waals surface area contributed by atoms with Crippen LogP contribution in [0, 0.1) is 17.0 Å². The van der Waals surface area contributed by atoms with E-state index < -0.39 is 17.0 Å². The maximum atomic E-state index is 14.6. The van der Waals surface area contributed by atoms with Gasteiger partial charge in [0.15, 0.2) is 11.5 Å². The number of amides is 1. The first-order valence-corrected chi connectivity index (χ1v) is 12.9. The highest BCUT2D eigenvalue weighted by Crippen LogP contribution is 2.43. The predicted octanol–water partition coefficient (Wildman–Crippen LogP) is 4.82. The molecule has 9 nitrogen and oxygen atoms in total. The number of fused-ring (bicyclic) bond motifs is 1. The molecule has 0 spiro atoms. The van der Waals surface area contributed by atoms with Gasteiger partial charge in [0.05, 0.1) is 23.0 Å². The molecule has 1 amide bonds. The number of halogens is 3. The van der Waals surface area contributed by atoms with Crippen molar-refractivity contribution in [2.45, 2.75) is 76.5 Å². The second kappa shape index (κ2) is 10.0. The fourth-order valence-electron chi connectivity index (χ4n) is 5.39. The largest absolute Gasteiger partial charge is 0.393 e. The zero-order chi connectivity index (χ0) is 26.3. The molecule has 1 unspecified atom stereocenters. The number of carbonyl (C=O) groups is 1. The second-order valence-corrected chi connectivity index (χ2v) is 10.8. The molecule has 3 aromatic rings. The Balaban J connectivity index is 1.52. The SMILES string of the molecule is CC1(C(N)=O)CCC(n2c(Nc3c(F)cc(F)cc3Cl)nc3cnc(N[C@H]4CCCC(O)C4)nc32)CC1. The van der Waals surface area contributed by atoms with Crippen molar-refractivity contribution in [3.05, 3.63) is 35.0 Å². The molecule has 2 fully saturated rings. The van der Waals surface area contributed by atoms with Gasteiger partial charge in [0.2, 0.25) is 17.8 Å². The Bertz CT molecular complexity index is 1300. The van der Waals surface area contributed by atoms with Gasteiger partial charge in [0, 0.05) is 23.6 Å². The molecule has 0 radical (unpaired) electrons. The van der Waals surface area contributed by atoms with Gasteiger partial charge in [0.1, 0.15) is 11.3 Å². The van der Waals surface area contributed by atoms with Crippen LogP contribution in [-0.2, 0) is 4.79 Å². The summed E-state index contributed by atoms with van der Waals surface area (Å²) in [5, 5.41) is 16.2. The number of primary amides is 1. The first-order chi connectivity index (χ1) is 17.6. The van der Waals surface area contributed by atoms with E-state index in [4.69, 9.17) is 22.3 Å². The van der Waals surface area contributed by atoms with Crippen LogP contribution in [0.2, 0.25) is 5.02 Å². The summed E-state index contributed by atoms with van der Waals surface area (Å²) in [6.45, 7) is 1.87. The van der Waals surface area contributed by atoms with E-state index in [0.29, 0.717) is 49.2 Å². The number of aromatic nitrogens is 4. The fourth-order valence-corrected chi connectivity index (χ4v) is 5.63. The van der Waals surface area contributed by atoms with Gasteiger partial charge >= 0.3 is 0 Å². The normalized spacial score (nSPS) is 26.2. The molecule has 0 bridgehead atoms. The van der Waals surface area contributed by atoms with Crippen LogP contribution >= 0.6 is 11.6 Å². The monoisotopic (exact) mass is 533 g/mol. The maximum absolute atomic E-state index is 14.6. The van der Waals surface area contributed by atoms with E-state index in [1.54, 1.807) is 6.20 Å². The molecule has 2 atom stereocenters. The minimum absolute atomic E-state index is 0.0493. The highest BCUT2D eigenvalue weighted by Gasteiger charge is 2.38. The molecule has 2 saturated carbocycles. The van der Waals surface area contributed by atoms with Crippen molar-refractivity contribution in [2.75, 3.05) is 10.6 Å². The number of benzene rings is 1. The highest BCUT2D eigenvalue weighted by atomic mass is 35.5. The molecule has 37 heavy (non-hydrogen) atoms. The second-order valence-electron chi connectivity index (χ2n) is 10.4. The Morgan fingerprint density at radius 1 is 1.22 bits per heavy atom. The number of hydrogen-bond acceptors (Lipinski definition) is 7. The van der Waals surface area contributed by atoms with Crippen molar-refractivity contribution in [1.82, 2.24) is 19.5 Å². The van der Waals surface area contributed by atoms with Crippen LogP contribution in [0.5, 0.6) is 0 Å². The number of nitrogens with zero attached hydrogens (tertiary/aromatic N) is 4. The van der Waals surface area contributed by atoms with Crippen molar-refractivity contribution >= 4 is 46.3 Å². The zero-order valence-electron chi connectivity index (χ0n) is 20.5. The molecule has 12 heteroatoms. The third-order valence-corrected chi connectivity index (χ3v) is 7.97. The minimum atomic E-state index is -0.849. The Morgan fingerprint density at radius 3 is 2.65 bits per heavy atom. The molecule has 198 valence electrons. The summed E-state index contributed by atoms with van der Waals surface area (Å²) in [5.74, 6) is -1.27. The summed E-state index contributed by atoms with van der Waals surface area (Å²) in [4.78, 5) is 25.8. The lowest BCUT2D eigenvalue weighted by Crippen LogP contribution is -2.38. The number of hydrogen-bond donors (Lipinski definition) is 4. The van der Waals surface area contributed by atoms with E-state index in [-0.39, 0.29) is 40.8 Å². The van der Waals surface area contributed by atoms with Crippen molar-refractivity contribution < 1.29 is 18.7 Å². The molecule has 1 aromatic carbocycles. The van der Waals surface area contributed by atoms with Crippen molar-refractivity contribution in [1.29, 1.82) is 0 Å². The summed E-state index contributed by atoms with van der Waals surface area (Å²) in [7, 11) is 0.